The Morgan fingerprint density at radius 3 is 2.42 bits per heavy atom. The number of nitrogens with two attached hydrogens (primary N) is 1. The van der Waals surface area contributed by atoms with Gasteiger partial charge < -0.3 is 15.8 Å². The molecule has 0 heterocycles. The summed E-state index contributed by atoms with van der Waals surface area (Å²) in [6.07, 6.45) is 1.81. The van der Waals surface area contributed by atoms with Crippen molar-refractivity contribution in [2.45, 2.75) is 52.5 Å². The zero-order chi connectivity index (χ0) is 14.2. The molecular formula is C13H27ClN2O3. The van der Waals surface area contributed by atoms with Crippen LogP contribution in [0.25, 0.3) is 0 Å². The monoisotopic (exact) mass is 294 g/mol. The number of amides is 1. The van der Waals surface area contributed by atoms with Gasteiger partial charge >= 0.3 is 5.97 Å². The molecule has 0 spiro atoms. The number of hydrogen-bond donors (Lipinski definition) is 2. The highest BCUT2D eigenvalue weighted by molar-refractivity contribution is 5.85. The van der Waals surface area contributed by atoms with Crippen LogP contribution in [0.3, 0.4) is 0 Å². The van der Waals surface area contributed by atoms with Gasteiger partial charge in [0.15, 0.2) is 0 Å². The van der Waals surface area contributed by atoms with E-state index in [1.54, 1.807) is 13.8 Å². The van der Waals surface area contributed by atoms with Crippen LogP contribution in [0, 0.1) is 5.92 Å². The Kier molecular flexibility index (Phi) is 10.8. The van der Waals surface area contributed by atoms with Gasteiger partial charge in [0.2, 0.25) is 5.91 Å². The van der Waals surface area contributed by atoms with E-state index in [2.05, 4.69) is 5.32 Å². The number of rotatable bonds is 8. The fraction of sp³-hybridized carbons (Fsp3) is 0.846. The van der Waals surface area contributed by atoms with E-state index in [9.17, 15) is 9.59 Å². The number of halogens is 1. The maximum absolute atomic E-state index is 11.8. The van der Waals surface area contributed by atoms with Crippen molar-refractivity contribution in [1.82, 2.24) is 5.32 Å². The van der Waals surface area contributed by atoms with Crippen LogP contribution in [-0.4, -0.2) is 30.6 Å². The van der Waals surface area contributed by atoms with Crippen LogP contribution in [0.4, 0.5) is 0 Å². The molecule has 5 nitrogen and oxygen atoms in total. The fourth-order valence-corrected chi connectivity index (χ4v) is 1.68. The molecule has 2 unspecified atom stereocenters. The van der Waals surface area contributed by atoms with E-state index in [4.69, 9.17) is 10.5 Å². The second-order valence-corrected chi connectivity index (χ2v) is 4.99. The average molecular weight is 295 g/mol. The van der Waals surface area contributed by atoms with Crippen molar-refractivity contribution in [3.63, 3.8) is 0 Å². The first-order valence-electron chi connectivity index (χ1n) is 6.56. The number of carbonyl (C=O) groups excluding carboxylic acids is 2. The minimum Gasteiger partial charge on any atom is -0.466 e. The van der Waals surface area contributed by atoms with Crippen molar-refractivity contribution in [1.29, 1.82) is 0 Å². The summed E-state index contributed by atoms with van der Waals surface area (Å²) < 4.78 is 4.85. The fourth-order valence-electron chi connectivity index (χ4n) is 1.68. The van der Waals surface area contributed by atoms with Crippen molar-refractivity contribution in [3.05, 3.63) is 0 Å². The van der Waals surface area contributed by atoms with E-state index in [0.29, 0.717) is 26.0 Å². The molecule has 1 amide bonds. The summed E-state index contributed by atoms with van der Waals surface area (Å²) in [5.74, 6) is -0.353. The quantitative estimate of drug-likeness (QED) is 0.667. The van der Waals surface area contributed by atoms with Crippen LogP contribution in [0.5, 0.6) is 0 Å². The lowest BCUT2D eigenvalue weighted by Crippen LogP contribution is -2.52. The molecule has 0 aromatic carbocycles. The van der Waals surface area contributed by atoms with Crippen LogP contribution in [-0.2, 0) is 14.3 Å². The smallest absolute Gasteiger partial charge is 0.306 e. The topological polar surface area (TPSA) is 81.4 Å². The normalized spacial score (nSPS) is 14.8. The molecule has 0 saturated heterocycles. The number of nitrogens with one attached hydrogen (secondary N) is 1. The minimum atomic E-state index is -0.835. The Morgan fingerprint density at radius 1 is 1.37 bits per heavy atom. The van der Waals surface area contributed by atoms with Crippen molar-refractivity contribution in [2.75, 3.05) is 13.2 Å². The van der Waals surface area contributed by atoms with Gasteiger partial charge in [-0.15, -0.1) is 12.4 Å². The van der Waals surface area contributed by atoms with Crippen LogP contribution >= 0.6 is 12.4 Å². The van der Waals surface area contributed by atoms with Crippen LogP contribution in [0.15, 0.2) is 0 Å². The molecule has 0 aliphatic carbocycles. The molecule has 6 heteroatoms. The zero-order valence-electron chi connectivity index (χ0n) is 12.3. The molecule has 0 aliphatic heterocycles. The maximum Gasteiger partial charge on any atom is 0.306 e. The number of hydrogen-bond acceptors (Lipinski definition) is 4. The SMILES string of the molecule is CCCC(C)(N)C(=O)NCC(C)CC(=O)OCC.Cl. The second kappa shape index (κ2) is 10.0. The third kappa shape index (κ3) is 8.83. The third-order valence-corrected chi connectivity index (χ3v) is 2.72. The minimum absolute atomic E-state index is 0. The lowest BCUT2D eigenvalue weighted by molar-refractivity contribution is -0.144. The van der Waals surface area contributed by atoms with Gasteiger partial charge in [0.05, 0.1) is 12.1 Å². The first-order valence-corrected chi connectivity index (χ1v) is 6.56. The highest BCUT2D eigenvalue weighted by Gasteiger charge is 2.27. The van der Waals surface area contributed by atoms with E-state index in [1.165, 1.54) is 0 Å². The van der Waals surface area contributed by atoms with Crippen molar-refractivity contribution >= 4 is 24.3 Å². The molecule has 114 valence electrons. The van der Waals surface area contributed by atoms with Gasteiger partial charge in [0.1, 0.15) is 0 Å². The standard InChI is InChI=1S/C13H26N2O3.ClH/c1-5-7-13(4,14)12(17)15-9-10(3)8-11(16)18-6-2;/h10H,5-9,14H2,1-4H3,(H,15,17);1H. The van der Waals surface area contributed by atoms with Gasteiger partial charge in [0, 0.05) is 13.0 Å². The molecule has 2 atom stereocenters. The van der Waals surface area contributed by atoms with Crippen molar-refractivity contribution in [2.24, 2.45) is 11.7 Å². The Labute approximate surface area is 122 Å². The third-order valence-electron chi connectivity index (χ3n) is 2.72. The Balaban J connectivity index is 0. The molecule has 0 bridgehead atoms. The summed E-state index contributed by atoms with van der Waals surface area (Å²) in [5.41, 5.74) is 5.07. The van der Waals surface area contributed by atoms with E-state index in [-0.39, 0.29) is 30.2 Å². The first kappa shape index (κ1) is 20.5. The number of esters is 1. The lowest BCUT2D eigenvalue weighted by Gasteiger charge is -2.23. The number of ether oxygens (including phenoxy) is 1. The second-order valence-electron chi connectivity index (χ2n) is 4.99. The van der Waals surface area contributed by atoms with E-state index < -0.39 is 5.54 Å². The van der Waals surface area contributed by atoms with Gasteiger partial charge in [-0.3, -0.25) is 9.59 Å². The summed E-state index contributed by atoms with van der Waals surface area (Å²) in [7, 11) is 0. The van der Waals surface area contributed by atoms with Crippen LogP contribution < -0.4 is 11.1 Å². The van der Waals surface area contributed by atoms with E-state index >= 15 is 0 Å². The Bertz CT molecular complexity index is 283. The largest absolute Gasteiger partial charge is 0.466 e. The maximum atomic E-state index is 11.8. The molecule has 0 aliphatic rings. The molecular weight excluding hydrogens is 268 g/mol. The molecule has 0 aromatic heterocycles. The highest BCUT2D eigenvalue weighted by atomic mass is 35.5. The van der Waals surface area contributed by atoms with Gasteiger partial charge in [-0.2, -0.15) is 0 Å². The zero-order valence-corrected chi connectivity index (χ0v) is 13.1. The van der Waals surface area contributed by atoms with E-state index in [0.717, 1.165) is 6.42 Å². The van der Waals surface area contributed by atoms with Crippen LogP contribution in [0.1, 0.15) is 47.0 Å². The first-order chi connectivity index (χ1) is 8.33. The van der Waals surface area contributed by atoms with Gasteiger partial charge in [-0.1, -0.05) is 20.3 Å². The summed E-state index contributed by atoms with van der Waals surface area (Å²) >= 11 is 0. The van der Waals surface area contributed by atoms with Crippen LogP contribution in [0.2, 0.25) is 0 Å². The summed E-state index contributed by atoms with van der Waals surface area (Å²) in [6.45, 7) is 8.20. The molecule has 19 heavy (non-hydrogen) atoms. The predicted molar refractivity (Wildman–Crippen MR) is 78.2 cm³/mol. The molecule has 0 aromatic rings. The van der Waals surface area contributed by atoms with Gasteiger partial charge in [0.25, 0.3) is 0 Å². The Morgan fingerprint density at radius 2 is 1.95 bits per heavy atom. The van der Waals surface area contributed by atoms with Crippen molar-refractivity contribution < 1.29 is 14.3 Å². The van der Waals surface area contributed by atoms with Gasteiger partial charge in [-0.05, 0) is 26.2 Å². The molecule has 0 radical (unpaired) electrons. The summed E-state index contributed by atoms with van der Waals surface area (Å²) in [6, 6.07) is 0. The van der Waals surface area contributed by atoms with Crippen molar-refractivity contribution in [3.8, 4) is 0 Å². The molecule has 0 rings (SSSR count). The predicted octanol–water partition coefficient (Wildman–Crippen LogP) is 1.63. The lowest BCUT2D eigenvalue weighted by atomic mass is 9.96. The molecule has 0 fully saturated rings. The summed E-state index contributed by atoms with van der Waals surface area (Å²) in [4.78, 5) is 23.1. The Hall–Kier alpha value is -0.810. The number of carbonyl (C=O) groups is 2. The highest BCUT2D eigenvalue weighted by Crippen LogP contribution is 2.09. The average Bonchev–Trinajstić information content (AvgIpc) is 2.25. The summed E-state index contributed by atoms with van der Waals surface area (Å²) in [5, 5.41) is 2.78. The van der Waals surface area contributed by atoms with E-state index in [1.807, 2.05) is 13.8 Å². The van der Waals surface area contributed by atoms with Gasteiger partial charge in [-0.25, -0.2) is 0 Å². The molecule has 0 saturated carbocycles. The molecule has 3 N–H and O–H groups in total.